The highest BCUT2D eigenvalue weighted by molar-refractivity contribution is 8.24. The largest absolute Gasteiger partial charge is 0.467 e. The van der Waals surface area contributed by atoms with E-state index in [1.807, 2.05) is 30.3 Å². The third-order valence-corrected chi connectivity index (χ3v) is 3.99. The summed E-state index contributed by atoms with van der Waals surface area (Å²) in [5.41, 5.74) is -0.131. The van der Waals surface area contributed by atoms with Crippen molar-refractivity contribution in [3.8, 4) is 0 Å². The summed E-state index contributed by atoms with van der Waals surface area (Å²) in [4.78, 5) is 23.3. The summed E-state index contributed by atoms with van der Waals surface area (Å²) in [6, 6.07) is 9.48. The number of carbonyl (C=O) groups excluding carboxylic acids is 2. The van der Waals surface area contributed by atoms with Gasteiger partial charge in [0.25, 0.3) is 0 Å². The molecule has 0 heterocycles. The van der Waals surface area contributed by atoms with Crippen LogP contribution in [-0.2, 0) is 14.3 Å². The number of amides is 1. The van der Waals surface area contributed by atoms with E-state index in [0.29, 0.717) is 4.20 Å². The number of nitrogens with one attached hydrogen (secondary N) is 1. The Hall–Kier alpha value is -1.40. The molecule has 0 saturated heterocycles. The monoisotopic (exact) mass is 311 g/mol. The van der Waals surface area contributed by atoms with Gasteiger partial charge in [-0.3, -0.25) is 4.79 Å². The van der Waals surface area contributed by atoms with Crippen molar-refractivity contribution in [1.82, 2.24) is 5.32 Å². The van der Waals surface area contributed by atoms with Gasteiger partial charge in [-0.15, -0.1) is 11.8 Å². The molecular weight excluding hydrogens is 294 g/mol. The molecule has 0 radical (unpaired) electrons. The number of ether oxygens (including phenoxy) is 1. The van der Waals surface area contributed by atoms with Crippen LogP contribution in [0.5, 0.6) is 0 Å². The zero-order valence-electron chi connectivity index (χ0n) is 11.6. The Kier molecular flexibility index (Phi) is 6.16. The third kappa shape index (κ3) is 4.94. The quantitative estimate of drug-likeness (QED) is 0.667. The molecule has 0 fully saturated rings. The molecule has 0 spiro atoms. The molecule has 0 unspecified atom stereocenters. The van der Waals surface area contributed by atoms with Crippen LogP contribution in [0.25, 0.3) is 0 Å². The van der Waals surface area contributed by atoms with Crippen molar-refractivity contribution < 1.29 is 14.3 Å². The maximum absolute atomic E-state index is 11.8. The van der Waals surface area contributed by atoms with Gasteiger partial charge in [0.15, 0.2) is 0 Å². The van der Waals surface area contributed by atoms with Gasteiger partial charge in [-0.05, 0) is 19.4 Å². The summed E-state index contributed by atoms with van der Waals surface area (Å²) < 4.78 is 5.27. The molecule has 6 heteroatoms. The van der Waals surface area contributed by atoms with Crippen LogP contribution in [0.3, 0.4) is 0 Å². The predicted molar refractivity (Wildman–Crippen MR) is 84.8 cm³/mol. The minimum absolute atomic E-state index is 0.161. The number of esters is 1. The molecule has 0 aliphatic heterocycles. The van der Waals surface area contributed by atoms with E-state index in [4.69, 9.17) is 12.2 Å². The van der Waals surface area contributed by atoms with Gasteiger partial charge in [0.2, 0.25) is 5.91 Å². The number of thiocarbonyl (C=S) groups is 1. The molecule has 1 aromatic carbocycles. The first-order valence-electron chi connectivity index (χ1n) is 5.98. The second-order valence-corrected chi connectivity index (χ2v) is 6.26. The molecule has 1 aromatic rings. The van der Waals surface area contributed by atoms with E-state index in [-0.39, 0.29) is 11.7 Å². The fraction of sp³-hybridized carbons (Fsp3) is 0.357. The number of carbonyl (C=O) groups is 2. The average molecular weight is 311 g/mol. The topological polar surface area (TPSA) is 55.4 Å². The molecule has 0 saturated carbocycles. The van der Waals surface area contributed by atoms with Crippen LogP contribution in [0, 0.1) is 0 Å². The molecule has 20 heavy (non-hydrogen) atoms. The van der Waals surface area contributed by atoms with E-state index in [9.17, 15) is 9.59 Å². The highest BCUT2D eigenvalue weighted by Gasteiger charge is 2.30. The van der Waals surface area contributed by atoms with Crippen LogP contribution < -0.4 is 5.32 Å². The number of rotatable bonds is 5. The smallest absolute Gasteiger partial charge is 0.330 e. The van der Waals surface area contributed by atoms with Crippen LogP contribution >= 0.6 is 24.0 Å². The van der Waals surface area contributed by atoms with Crippen LogP contribution in [0.2, 0.25) is 0 Å². The van der Waals surface area contributed by atoms with E-state index in [1.54, 1.807) is 13.8 Å². The van der Waals surface area contributed by atoms with Gasteiger partial charge in [0.05, 0.1) is 17.1 Å². The van der Waals surface area contributed by atoms with Gasteiger partial charge in [-0.1, -0.05) is 42.5 Å². The van der Waals surface area contributed by atoms with Crippen molar-refractivity contribution in [2.24, 2.45) is 0 Å². The molecule has 1 N–H and O–H groups in total. The molecule has 0 atom stereocenters. The second-order valence-electron chi connectivity index (χ2n) is 4.61. The highest BCUT2D eigenvalue weighted by Crippen LogP contribution is 2.14. The van der Waals surface area contributed by atoms with Crippen molar-refractivity contribution in [3.05, 3.63) is 35.9 Å². The lowest BCUT2D eigenvalue weighted by Crippen LogP contribution is -2.51. The van der Waals surface area contributed by atoms with E-state index in [0.717, 1.165) is 5.56 Å². The zero-order chi connectivity index (χ0) is 15.2. The highest BCUT2D eigenvalue weighted by atomic mass is 32.2. The van der Waals surface area contributed by atoms with E-state index in [1.165, 1.54) is 18.9 Å². The first-order chi connectivity index (χ1) is 9.36. The number of hydrogen-bond donors (Lipinski definition) is 1. The number of hydrogen-bond acceptors (Lipinski definition) is 5. The van der Waals surface area contributed by atoms with Crippen LogP contribution in [-0.4, -0.2) is 34.5 Å². The van der Waals surface area contributed by atoms with Crippen LogP contribution in [0.15, 0.2) is 30.3 Å². The summed E-state index contributed by atoms with van der Waals surface area (Å²) in [5.74, 6) is -0.584. The van der Waals surface area contributed by atoms with Crippen molar-refractivity contribution in [2.45, 2.75) is 19.4 Å². The molecule has 0 aliphatic carbocycles. The lowest BCUT2D eigenvalue weighted by atomic mass is 10.1. The molecule has 1 rings (SSSR count). The standard InChI is InChI=1S/C14H17NO3S2/c1-14(2,13(17)18-3)15-11(16)9-20-12(19)10-7-5-4-6-8-10/h4-8H,9H2,1-3H3,(H,15,16). The number of methoxy groups -OCH3 is 1. The fourth-order valence-corrected chi connectivity index (χ4v) is 2.43. The Morgan fingerprint density at radius 1 is 1.30 bits per heavy atom. The SMILES string of the molecule is COC(=O)C(C)(C)NC(=O)CSC(=S)c1ccccc1. The normalized spacial score (nSPS) is 10.8. The fourth-order valence-electron chi connectivity index (χ4n) is 1.48. The summed E-state index contributed by atoms with van der Waals surface area (Å²) in [7, 11) is 1.29. The van der Waals surface area contributed by atoms with Gasteiger partial charge < -0.3 is 10.1 Å². The van der Waals surface area contributed by atoms with Crippen molar-refractivity contribution in [3.63, 3.8) is 0 Å². The Balaban J connectivity index is 2.48. The third-order valence-electron chi connectivity index (χ3n) is 2.49. The van der Waals surface area contributed by atoms with E-state index in [2.05, 4.69) is 10.1 Å². The number of benzene rings is 1. The molecule has 0 bridgehead atoms. The maximum Gasteiger partial charge on any atom is 0.330 e. The van der Waals surface area contributed by atoms with Crippen molar-refractivity contribution >= 4 is 40.1 Å². The lowest BCUT2D eigenvalue weighted by molar-refractivity contribution is -0.149. The van der Waals surface area contributed by atoms with Crippen molar-refractivity contribution in [2.75, 3.05) is 12.9 Å². The second kappa shape index (κ2) is 7.40. The first kappa shape index (κ1) is 16.7. The summed E-state index contributed by atoms with van der Waals surface area (Å²) in [6.07, 6.45) is 0. The maximum atomic E-state index is 11.8. The molecule has 1 amide bonds. The van der Waals surface area contributed by atoms with Gasteiger partial charge in [-0.25, -0.2) is 4.79 Å². The van der Waals surface area contributed by atoms with Gasteiger partial charge in [0.1, 0.15) is 5.54 Å². The van der Waals surface area contributed by atoms with Gasteiger partial charge in [0, 0.05) is 0 Å². The zero-order valence-corrected chi connectivity index (χ0v) is 13.3. The van der Waals surface area contributed by atoms with Crippen LogP contribution in [0.1, 0.15) is 19.4 Å². The molecule has 4 nitrogen and oxygen atoms in total. The number of thioether (sulfide) groups is 1. The molecule has 0 aliphatic rings. The molecular formula is C14H17NO3S2. The minimum atomic E-state index is -1.04. The lowest BCUT2D eigenvalue weighted by Gasteiger charge is -2.22. The molecule has 0 aromatic heterocycles. The van der Waals surface area contributed by atoms with Crippen LogP contribution in [0.4, 0.5) is 0 Å². The van der Waals surface area contributed by atoms with E-state index < -0.39 is 11.5 Å². The van der Waals surface area contributed by atoms with Gasteiger partial charge >= 0.3 is 5.97 Å². The Labute approximate surface area is 128 Å². The predicted octanol–water partition coefficient (Wildman–Crippen LogP) is 2.16. The summed E-state index contributed by atoms with van der Waals surface area (Å²) in [6.45, 7) is 3.19. The summed E-state index contributed by atoms with van der Waals surface area (Å²) in [5, 5.41) is 2.62. The molecule has 108 valence electrons. The van der Waals surface area contributed by atoms with E-state index >= 15 is 0 Å². The Morgan fingerprint density at radius 2 is 1.90 bits per heavy atom. The summed E-state index contributed by atoms with van der Waals surface area (Å²) >= 11 is 6.51. The minimum Gasteiger partial charge on any atom is -0.467 e. The Bertz CT molecular complexity index is 500. The van der Waals surface area contributed by atoms with Gasteiger partial charge in [-0.2, -0.15) is 0 Å². The first-order valence-corrected chi connectivity index (χ1v) is 7.38. The Morgan fingerprint density at radius 3 is 2.45 bits per heavy atom. The van der Waals surface area contributed by atoms with Crippen molar-refractivity contribution in [1.29, 1.82) is 0 Å². The average Bonchev–Trinajstić information content (AvgIpc) is 2.44.